The first-order chi connectivity index (χ1) is 15.7. The number of carbonyl (C=O) groups excluding carboxylic acids is 1. The van der Waals surface area contributed by atoms with Crippen LogP contribution in [0.15, 0.2) is 36.4 Å². The number of hydrogen-bond donors (Lipinski definition) is 1. The molecule has 176 valence electrons. The Morgan fingerprint density at radius 3 is 2.33 bits per heavy atom. The van der Waals surface area contributed by atoms with Crippen LogP contribution in [0, 0.1) is 10.1 Å². The maximum absolute atomic E-state index is 13.8. The normalized spacial score (nSPS) is 16.7. The number of nitro benzene ring substituents is 1. The third kappa shape index (κ3) is 5.03. The summed E-state index contributed by atoms with van der Waals surface area (Å²) in [6, 6.07) is 7.70. The molecule has 2 aliphatic rings. The maximum atomic E-state index is 13.8. The minimum Gasteiger partial charge on any atom is -0.378 e. The summed E-state index contributed by atoms with van der Waals surface area (Å²) >= 11 is 0. The molecular weight excluding hydrogens is 441 g/mol. The number of nitro groups is 1. The molecule has 4 rings (SSSR count). The van der Waals surface area contributed by atoms with Gasteiger partial charge in [0, 0.05) is 43.5 Å². The van der Waals surface area contributed by atoms with Gasteiger partial charge in [-0.1, -0.05) is 0 Å². The lowest BCUT2D eigenvalue weighted by Crippen LogP contribution is -2.36. The number of morpholine rings is 1. The number of hydrogen-bond acceptors (Lipinski definition) is 6. The van der Waals surface area contributed by atoms with Crippen molar-refractivity contribution in [1.82, 2.24) is 0 Å². The molecule has 0 aromatic heterocycles. The van der Waals surface area contributed by atoms with Crippen molar-refractivity contribution in [2.24, 2.45) is 0 Å². The van der Waals surface area contributed by atoms with Crippen LogP contribution < -0.4 is 15.1 Å². The van der Waals surface area contributed by atoms with Crippen LogP contribution >= 0.6 is 0 Å². The molecule has 2 aliphatic heterocycles. The van der Waals surface area contributed by atoms with E-state index in [1.54, 1.807) is 4.90 Å². The van der Waals surface area contributed by atoms with Crippen molar-refractivity contribution in [2.75, 3.05) is 54.5 Å². The lowest BCUT2D eigenvalue weighted by molar-refractivity contribution is -0.384. The van der Waals surface area contributed by atoms with Gasteiger partial charge >= 0.3 is 6.18 Å². The van der Waals surface area contributed by atoms with Gasteiger partial charge in [-0.15, -0.1) is 0 Å². The Morgan fingerprint density at radius 2 is 1.70 bits per heavy atom. The van der Waals surface area contributed by atoms with Gasteiger partial charge < -0.3 is 19.9 Å². The smallest absolute Gasteiger partial charge is 0.378 e. The Balaban J connectivity index is 1.61. The number of nitrogens with zero attached hydrogens (tertiary/aromatic N) is 3. The molecule has 0 bridgehead atoms. The Morgan fingerprint density at radius 1 is 1.00 bits per heavy atom. The molecule has 1 amide bonds. The predicted molar refractivity (Wildman–Crippen MR) is 117 cm³/mol. The molecule has 0 unspecified atom stereocenters. The molecule has 2 aromatic rings. The average Bonchev–Trinajstić information content (AvgIpc) is 3.33. The van der Waals surface area contributed by atoms with Crippen molar-refractivity contribution in [3.8, 4) is 0 Å². The lowest BCUT2D eigenvalue weighted by Gasteiger charge is -2.29. The second-order valence-corrected chi connectivity index (χ2v) is 7.94. The van der Waals surface area contributed by atoms with Gasteiger partial charge in [0.05, 0.1) is 29.4 Å². The largest absolute Gasteiger partial charge is 0.418 e. The SMILES string of the molecule is O=C(Nc1ccc(N2CCOCC2)cc1C(F)(F)F)c1ccc(N2CCCC2)c([N+](=O)[O-])c1. The first kappa shape index (κ1) is 22.8. The standard InChI is InChI=1S/C22H23F3N4O4/c23-22(24,25)17-14-16(27-9-11-33-12-10-27)4-5-18(17)26-21(30)15-3-6-19(20(13-15)29(31)32)28-7-1-2-8-28/h3-6,13-14H,1-2,7-12H2,(H,26,30). The molecule has 2 aromatic carbocycles. The van der Waals surface area contributed by atoms with E-state index in [2.05, 4.69) is 5.32 Å². The molecule has 11 heteroatoms. The van der Waals surface area contributed by atoms with Gasteiger partial charge in [0.2, 0.25) is 0 Å². The summed E-state index contributed by atoms with van der Waals surface area (Å²) in [6.45, 7) is 3.14. The van der Waals surface area contributed by atoms with E-state index in [0.717, 1.165) is 25.0 Å². The molecule has 0 atom stereocenters. The lowest BCUT2D eigenvalue weighted by atomic mass is 10.1. The molecular formula is C22H23F3N4O4. The summed E-state index contributed by atoms with van der Waals surface area (Å²) < 4.78 is 46.5. The van der Waals surface area contributed by atoms with Crippen LogP contribution in [0.4, 0.5) is 35.9 Å². The van der Waals surface area contributed by atoms with Crippen LogP contribution in [0.3, 0.4) is 0 Å². The molecule has 0 spiro atoms. The highest BCUT2D eigenvalue weighted by Crippen LogP contribution is 2.38. The highest BCUT2D eigenvalue weighted by Gasteiger charge is 2.35. The van der Waals surface area contributed by atoms with Crippen LogP contribution in [0.25, 0.3) is 0 Å². The number of anilines is 3. The zero-order chi connectivity index (χ0) is 23.6. The molecule has 33 heavy (non-hydrogen) atoms. The van der Waals surface area contributed by atoms with Crippen LogP contribution in [0.5, 0.6) is 0 Å². The van der Waals surface area contributed by atoms with E-state index >= 15 is 0 Å². The average molecular weight is 464 g/mol. The van der Waals surface area contributed by atoms with Crippen molar-refractivity contribution in [2.45, 2.75) is 19.0 Å². The van der Waals surface area contributed by atoms with Crippen molar-refractivity contribution in [3.63, 3.8) is 0 Å². The second kappa shape index (κ2) is 9.26. The minimum atomic E-state index is -4.70. The fourth-order valence-corrected chi connectivity index (χ4v) is 4.12. The van der Waals surface area contributed by atoms with E-state index in [1.165, 1.54) is 24.3 Å². The number of carbonyl (C=O) groups is 1. The van der Waals surface area contributed by atoms with E-state index in [1.807, 2.05) is 4.90 Å². The molecule has 2 saturated heterocycles. The first-order valence-corrected chi connectivity index (χ1v) is 10.6. The topological polar surface area (TPSA) is 88.0 Å². The number of nitrogens with one attached hydrogen (secondary N) is 1. The van der Waals surface area contributed by atoms with Gasteiger partial charge in [0.15, 0.2) is 0 Å². The summed E-state index contributed by atoms with van der Waals surface area (Å²) in [5.41, 5.74) is -0.939. The van der Waals surface area contributed by atoms with Crippen LogP contribution in [-0.2, 0) is 10.9 Å². The zero-order valence-corrected chi connectivity index (χ0v) is 17.7. The van der Waals surface area contributed by atoms with Crippen molar-refractivity contribution < 1.29 is 27.6 Å². The molecule has 8 nitrogen and oxygen atoms in total. The highest BCUT2D eigenvalue weighted by molar-refractivity contribution is 6.05. The van der Waals surface area contributed by atoms with E-state index < -0.39 is 28.3 Å². The van der Waals surface area contributed by atoms with Crippen LogP contribution in [-0.4, -0.2) is 50.2 Å². The first-order valence-electron chi connectivity index (χ1n) is 10.6. The Labute approximate surface area is 188 Å². The summed E-state index contributed by atoms with van der Waals surface area (Å²) in [6.07, 6.45) is -2.86. The third-order valence-corrected chi connectivity index (χ3v) is 5.81. The van der Waals surface area contributed by atoms with Gasteiger partial charge in [-0.2, -0.15) is 13.2 Å². The quantitative estimate of drug-likeness (QED) is 0.524. The van der Waals surface area contributed by atoms with E-state index in [-0.39, 0.29) is 11.3 Å². The Hall–Kier alpha value is -3.34. The molecule has 0 radical (unpaired) electrons. The van der Waals surface area contributed by atoms with Gasteiger partial charge in [0.25, 0.3) is 11.6 Å². The monoisotopic (exact) mass is 464 g/mol. The van der Waals surface area contributed by atoms with Gasteiger partial charge in [0.1, 0.15) is 5.69 Å². The molecule has 0 saturated carbocycles. The molecule has 0 aliphatic carbocycles. The summed E-state index contributed by atoms with van der Waals surface area (Å²) in [7, 11) is 0. The van der Waals surface area contributed by atoms with Gasteiger partial charge in [-0.25, -0.2) is 0 Å². The Kier molecular flexibility index (Phi) is 6.41. The van der Waals surface area contributed by atoms with Crippen LogP contribution in [0.2, 0.25) is 0 Å². The number of benzene rings is 2. The van der Waals surface area contributed by atoms with E-state index in [9.17, 15) is 28.1 Å². The van der Waals surface area contributed by atoms with Crippen molar-refractivity contribution in [3.05, 3.63) is 57.6 Å². The van der Waals surface area contributed by atoms with Crippen molar-refractivity contribution >= 4 is 28.7 Å². The van der Waals surface area contributed by atoms with Crippen LogP contribution in [0.1, 0.15) is 28.8 Å². The van der Waals surface area contributed by atoms with E-state index in [4.69, 9.17) is 4.74 Å². The highest BCUT2D eigenvalue weighted by atomic mass is 19.4. The number of halogens is 3. The van der Waals surface area contributed by atoms with E-state index in [0.29, 0.717) is 50.8 Å². The molecule has 2 fully saturated rings. The van der Waals surface area contributed by atoms with Crippen molar-refractivity contribution in [1.29, 1.82) is 0 Å². The maximum Gasteiger partial charge on any atom is 0.418 e. The zero-order valence-electron chi connectivity index (χ0n) is 17.7. The number of amides is 1. The fraction of sp³-hybridized carbons (Fsp3) is 0.409. The molecule has 1 N–H and O–H groups in total. The predicted octanol–water partition coefficient (Wildman–Crippen LogP) is 4.30. The Bertz CT molecular complexity index is 1050. The number of rotatable bonds is 5. The fourth-order valence-electron chi connectivity index (χ4n) is 4.12. The summed E-state index contributed by atoms with van der Waals surface area (Å²) in [5.74, 6) is -0.851. The summed E-state index contributed by atoms with van der Waals surface area (Å²) in [5, 5.41) is 13.9. The number of alkyl halides is 3. The summed E-state index contributed by atoms with van der Waals surface area (Å²) in [4.78, 5) is 27.4. The second-order valence-electron chi connectivity index (χ2n) is 7.94. The third-order valence-electron chi connectivity index (χ3n) is 5.81. The van der Waals surface area contributed by atoms with Gasteiger partial charge in [-0.3, -0.25) is 14.9 Å². The molecule has 2 heterocycles. The van der Waals surface area contributed by atoms with Gasteiger partial charge in [-0.05, 0) is 43.2 Å². The number of ether oxygens (including phenoxy) is 1. The minimum absolute atomic E-state index is 0.0879.